The molecule has 1 heterocycles. The Morgan fingerprint density at radius 1 is 0.810 bits per heavy atom. The van der Waals surface area contributed by atoms with E-state index in [4.69, 9.17) is 0 Å². The third-order valence-electron chi connectivity index (χ3n) is 3.50. The first-order valence-corrected chi connectivity index (χ1v) is 7.78. The van der Waals surface area contributed by atoms with Gasteiger partial charge in [-0.25, -0.2) is 0 Å². The zero-order valence-corrected chi connectivity index (χ0v) is 11.9. The molecule has 0 spiro atoms. The molecule has 0 fully saturated rings. The van der Waals surface area contributed by atoms with E-state index in [2.05, 4.69) is 29.2 Å². The maximum atomic E-state index is 12.7. The first kappa shape index (κ1) is 12.5. The third kappa shape index (κ3) is 1.94. The number of nitrogens with zero attached hydrogens (tertiary/aromatic N) is 1. The Morgan fingerprint density at radius 2 is 1.38 bits per heavy atom. The standard InChI is InChI=1S/C18H11NOS/c20-21-17-12-6-4-10-15(17)19(14-8-2-1-3-9-14)16-11-5-7-13-18(16)21/h1-5,8-13H. The summed E-state index contributed by atoms with van der Waals surface area (Å²) >= 11 is -1.19. The van der Waals surface area contributed by atoms with Crippen LogP contribution in [0.5, 0.6) is 0 Å². The average Bonchev–Trinajstić information content (AvgIpc) is 2.56. The highest BCUT2D eigenvalue weighted by Crippen LogP contribution is 2.47. The van der Waals surface area contributed by atoms with Crippen molar-refractivity contribution in [1.29, 1.82) is 0 Å². The van der Waals surface area contributed by atoms with Gasteiger partial charge in [-0.05, 0) is 36.4 Å². The highest BCUT2D eigenvalue weighted by Gasteiger charge is 2.33. The Hall–Kier alpha value is -2.23. The molecule has 0 unspecified atom stereocenters. The van der Waals surface area contributed by atoms with Crippen LogP contribution in [0.3, 0.4) is 0 Å². The van der Waals surface area contributed by atoms with Crippen LogP contribution >= 0.6 is 0 Å². The van der Waals surface area contributed by atoms with Gasteiger partial charge < -0.3 is 9.45 Å². The lowest BCUT2D eigenvalue weighted by molar-refractivity contribution is 0.594. The Bertz CT molecular complexity index is 740. The fourth-order valence-electron chi connectivity index (χ4n) is 2.58. The Morgan fingerprint density at radius 3 is 1.95 bits per heavy atom. The lowest BCUT2D eigenvalue weighted by Gasteiger charge is -2.32. The number of hydrogen-bond donors (Lipinski definition) is 0. The van der Waals surface area contributed by atoms with Gasteiger partial charge in [-0.15, -0.1) is 0 Å². The van der Waals surface area contributed by atoms with E-state index in [1.165, 1.54) is 0 Å². The van der Waals surface area contributed by atoms with Crippen molar-refractivity contribution in [3.63, 3.8) is 0 Å². The molecular formula is C18H11NOS. The minimum Gasteiger partial charge on any atom is -0.606 e. The number of benzene rings is 3. The molecule has 0 aromatic heterocycles. The SMILES string of the molecule is [O-][S+]1c2c[c]ccc2N(c2ccccc2)c2cc[c]cc21. The fraction of sp³-hybridized carbons (Fsp3) is 0. The summed E-state index contributed by atoms with van der Waals surface area (Å²) in [5, 5.41) is 0. The summed E-state index contributed by atoms with van der Waals surface area (Å²) in [5.74, 6) is 0. The first-order valence-electron chi connectivity index (χ1n) is 6.63. The van der Waals surface area contributed by atoms with E-state index in [0.717, 1.165) is 26.9 Å². The van der Waals surface area contributed by atoms with Gasteiger partial charge >= 0.3 is 0 Å². The van der Waals surface area contributed by atoms with Crippen LogP contribution in [0.2, 0.25) is 0 Å². The van der Waals surface area contributed by atoms with E-state index in [1.54, 1.807) is 12.1 Å². The molecule has 3 aromatic carbocycles. The third-order valence-corrected chi connectivity index (χ3v) is 4.96. The summed E-state index contributed by atoms with van der Waals surface area (Å²) in [6.07, 6.45) is 0. The molecule has 0 amide bonds. The summed E-state index contributed by atoms with van der Waals surface area (Å²) in [7, 11) is 0. The molecule has 4 rings (SSSR count). The summed E-state index contributed by atoms with van der Waals surface area (Å²) < 4.78 is 12.7. The van der Waals surface area contributed by atoms with Crippen LogP contribution < -0.4 is 4.90 Å². The Balaban J connectivity index is 2.01. The van der Waals surface area contributed by atoms with E-state index < -0.39 is 11.2 Å². The highest BCUT2D eigenvalue weighted by molar-refractivity contribution is 7.92. The smallest absolute Gasteiger partial charge is 0.183 e. The Labute approximate surface area is 126 Å². The molecule has 0 atom stereocenters. The van der Waals surface area contributed by atoms with Gasteiger partial charge in [0.2, 0.25) is 0 Å². The van der Waals surface area contributed by atoms with Crippen molar-refractivity contribution < 1.29 is 4.55 Å². The van der Waals surface area contributed by atoms with Crippen molar-refractivity contribution in [3.8, 4) is 0 Å². The average molecular weight is 289 g/mol. The van der Waals surface area contributed by atoms with Crippen LogP contribution in [0.15, 0.2) is 76.5 Å². The molecule has 2 nitrogen and oxygen atoms in total. The van der Waals surface area contributed by atoms with Crippen LogP contribution in [-0.2, 0) is 11.2 Å². The van der Waals surface area contributed by atoms with Crippen molar-refractivity contribution in [1.82, 2.24) is 0 Å². The van der Waals surface area contributed by atoms with Crippen molar-refractivity contribution in [2.75, 3.05) is 4.90 Å². The van der Waals surface area contributed by atoms with E-state index in [9.17, 15) is 4.55 Å². The minimum absolute atomic E-state index is 0.786. The lowest BCUT2D eigenvalue weighted by atomic mass is 10.2. The van der Waals surface area contributed by atoms with Gasteiger partial charge in [0.05, 0.1) is 0 Å². The van der Waals surface area contributed by atoms with Gasteiger partial charge in [-0.2, -0.15) is 0 Å². The van der Waals surface area contributed by atoms with Crippen LogP contribution in [0.4, 0.5) is 17.1 Å². The zero-order chi connectivity index (χ0) is 14.2. The normalized spacial score (nSPS) is 13.7. The largest absolute Gasteiger partial charge is 0.606 e. The van der Waals surface area contributed by atoms with Gasteiger partial charge in [0.25, 0.3) is 0 Å². The van der Waals surface area contributed by atoms with E-state index >= 15 is 0 Å². The fourth-order valence-corrected chi connectivity index (χ4v) is 3.87. The van der Waals surface area contributed by atoms with Crippen LogP contribution in [0, 0.1) is 12.1 Å². The van der Waals surface area contributed by atoms with Crippen molar-refractivity contribution in [3.05, 3.63) is 78.9 Å². The molecule has 1 aliphatic heterocycles. The summed E-state index contributed by atoms with van der Waals surface area (Å²) in [6.45, 7) is 0. The molecule has 0 bridgehead atoms. The maximum Gasteiger partial charge on any atom is 0.183 e. The van der Waals surface area contributed by atoms with Crippen LogP contribution in [-0.4, -0.2) is 4.55 Å². The second-order valence-corrected chi connectivity index (χ2v) is 6.14. The molecule has 0 aliphatic carbocycles. The summed E-state index contributed by atoms with van der Waals surface area (Å²) in [6, 6.07) is 27.4. The monoisotopic (exact) mass is 289 g/mol. The van der Waals surface area contributed by atoms with Crippen molar-refractivity contribution >= 4 is 28.2 Å². The molecule has 3 aromatic rings. The van der Waals surface area contributed by atoms with Crippen LogP contribution in [0.25, 0.3) is 0 Å². The first-order chi connectivity index (χ1) is 10.4. The van der Waals surface area contributed by atoms with Crippen LogP contribution in [0.1, 0.15) is 0 Å². The molecule has 2 radical (unpaired) electrons. The predicted octanol–water partition coefficient (Wildman–Crippen LogP) is 4.24. The Kier molecular flexibility index (Phi) is 2.95. The highest BCUT2D eigenvalue weighted by atomic mass is 32.2. The lowest BCUT2D eigenvalue weighted by Crippen LogP contribution is -2.21. The predicted molar refractivity (Wildman–Crippen MR) is 83.5 cm³/mol. The van der Waals surface area contributed by atoms with Crippen molar-refractivity contribution in [2.24, 2.45) is 0 Å². The number of hydrogen-bond acceptors (Lipinski definition) is 2. The molecule has 1 aliphatic rings. The molecular weight excluding hydrogens is 278 g/mol. The molecule has 0 saturated carbocycles. The number of rotatable bonds is 1. The van der Waals surface area contributed by atoms with Gasteiger partial charge in [0, 0.05) is 29.0 Å². The molecule has 100 valence electrons. The topological polar surface area (TPSA) is 26.3 Å². The second-order valence-electron chi connectivity index (χ2n) is 4.73. The number of fused-ring (bicyclic) bond motifs is 2. The summed E-state index contributed by atoms with van der Waals surface area (Å²) in [4.78, 5) is 3.70. The van der Waals surface area contributed by atoms with Gasteiger partial charge in [-0.3, -0.25) is 0 Å². The molecule has 0 saturated heterocycles. The van der Waals surface area contributed by atoms with Gasteiger partial charge in [0.1, 0.15) is 11.4 Å². The number of para-hydroxylation sites is 1. The minimum atomic E-state index is -1.19. The summed E-state index contributed by atoms with van der Waals surface area (Å²) in [5.41, 5.74) is 2.93. The molecule has 21 heavy (non-hydrogen) atoms. The van der Waals surface area contributed by atoms with Gasteiger partial charge in [-0.1, -0.05) is 30.3 Å². The molecule has 3 heteroatoms. The zero-order valence-electron chi connectivity index (χ0n) is 11.1. The number of anilines is 3. The second kappa shape index (κ2) is 4.95. The maximum absolute atomic E-state index is 12.7. The van der Waals surface area contributed by atoms with Crippen molar-refractivity contribution in [2.45, 2.75) is 9.79 Å². The molecule has 0 N–H and O–H groups in total. The van der Waals surface area contributed by atoms with E-state index in [-0.39, 0.29) is 0 Å². The van der Waals surface area contributed by atoms with Gasteiger partial charge in [0.15, 0.2) is 9.79 Å². The van der Waals surface area contributed by atoms with E-state index in [1.807, 2.05) is 42.5 Å². The quantitative estimate of drug-likeness (QED) is 0.626. The van der Waals surface area contributed by atoms with E-state index in [0.29, 0.717) is 0 Å².